The molecule has 0 aliphatic heterocycles. The second-order valence-corrected chi connectivity index (χ2v) is 4.95. The highest BCUT2D eigenvalue weighted by Crippen LogP contribution is 2.16. The number of carbonyl (C=O) groups is 3. The van der Waals surface area contributed by atoms with Gasteiger partial charge in [-0.05, 0) is 29.8 Å². The largest absolute Gasteiger partial charge is 0.478 e. The Morgan fingerprint density at radius 3 is 2.22 bits per heavy atom. The van der Waals surface area contributed by atoms with E-state index in [-0.39, 0.29) is 29.5 Å². The first-order chi connectivity index (χ1) is 11.0. The smallest absolute Gasteiger partial charge is 0.337 e. The molecular formula is C17H16N2O4. The van der Waals surface area contributed by atoms with Crippen molar-refractivity contribution in [3.8, 4) is 0 Å². The van der Waals surface area contributed by atoms with Crippen LogP contribution in [0.4, 0.5) is 11.4 Å². The van der Waals surface area contributed by atoms with Gasteiger partial charge in [-0.3, -0.25) is 9.59 Å². The highest BCUT2D eigenvalue weighted by molar-refractivity contribution is 6.01. The fourth-order valence-corrected chi connectivity index (χ4v) is 2.07. The van der Waals surface area contributed by atoms with Gasteiger partial charge in [-0.15, -0.1) is 0 Å². The summed E-state index contributed by atoms with van der Waals surface area (Å²) in [5, 5.41) is 14.3. The fourth-order valence-electron chi connectivity index (χ4n) is 2.07. The maximum Gasteiger partial charge on any atom is 0.337 e. The molecule has 118 valence electrons. The molecule has 0 unspecified atom stereocenters. The first-order valence-electron chi connectivity index (χ1n) is 6.94. The van der Waals surface area contributed by atoms with Crippen molar-refractivity contribution in [1.82, 2.24) is 0 Å². The number of carbonyl (C=O) groups excluding carboxylic acids is 2. The van der Waals surface area contributed by atoms with Crippen LogP contribution < -0.4 is 10.6 Å². The van der Waals surface area contributed by atoms with Gasteiger partial charge in [-0.2, -0.15) is 0 Å². The lowest BCUT2D eigenvalue weighted by Crippen LogP contribution is -2.16. The monoisotopic (exact) mass is 312 g/mol. The number of carboxylic acids is 1. The van der Waals surface area contributed by atoms with Crippen LogP contribution in [0.15, 0.2) is 48.5 Å². The van der Waals surface area contributed by atoms with Gasteiger partial charge in [0.1, 0.15) is 0 Å². The summed E-state index contributed by atoms with van der Waals surface area (Å²) in [5.41, 5.74) is 1.71. The van der Waals surface area contributed by atoms with E-state index >= 15 is 0 Å². The van der Waals surface area contributed by atoms with Gasteiger partial charge in [0.05, 0.1) is 17.7 Å². The summed E-state index contributed by atoms with van der Waals surface area (Å²) in [4.78, 5) is 34.1. The van der Waals surface area contributed by atoms with Crippen molar-refractivity contribution in [2.24, 2.45) is 0 Å². The molecule has 6 heteroatoms. The van der Waals surface area contributed by atoms with Crippen LogP contribution in [0, 0.1) is 0 Å². The van der Waals surface area contributed by atoms with E-state index in [2.05, 4.69) is 10.6 Å². The number of anilines is 2. The van der Waals surface area contributed by atoms with Crippen molar-refractivity contribution in [2.45, 2.75) is 13.3 Å². The van der Waals surface area contributed by atoms with Crippen LogP contribution in [0.3, 0.4) is 0 Å². The molecule has 23 heavy (non-hydrogen) atoms. The molecule has 3 N–H and O–H groups in total. The van der Waals surface area contributed by atoms with Crippen molar-refractivity contribution in [1.29, 1.82) is 0 Å². The van der Waals surface area contributed by atoms with E-state index in [0.717, 1.165) is 5.56 Å². The molecule has 2 rings (SSSR count). The minimum Gasteiger partial charge on any atom is -0.478 e. The number of aromatic carboxylic acids is 1. The summed E-state index contributed by atoms with van der Waals surface area (Å²) in [6, 6.07) is 13.1. The average molecular weight is 312 g/mol. The Balaban J connectivity index is 2.02. The van der Waals surface area contributed by atoms with Crippen molar-refractivity contribution in [3.63, 3.8) is 0 Å². The molecule has 0 aliphatic rings. The van der Waals surface area contributed by atoms with Crippen molar-refractivity contribution in [3.05, 3.63) is 59.7 Å². The van der Waals surface area contributed by atoms with Gasteiger partial charge in [0.15, 0.2) is 0 Å². The van der Waals surface area contributed by atoms with Gasteiger partial charge >= 0.3 is 5.97 Å². The Morgan fingerprint density at radius 2 is 1.61 bits per heavy atom. The van der Waals surface area contributed by atoms with Gasteiger partial charge in [-0.25, -0.2) is 4.79 Å². The van der Waals surface area contributed by atoms with E-state index in [9.17, 15) is 14.4 Å². The van der Waals surface area contributed by atoms with Crippen LogP contribution >= 0.6 is 0 Å². The van der Waals surface area contributed by atoms with E-state index in [1.807, 2.05) is 0 Å². The maximum absolute atomic E-state index is 12.0. The summed E-state index contributed by atoms with van der Waals surface area (Å²) in [6.45, 7) is 1.42. The second-order valence-electron chi connectivity index (χ2n) is 4.95. The highest BCUT2D eigenvalue weighted by Gasteiger charge is 2.12. The minimum absolute atomic E-state index is 0.0434. The number of rotatable bonds is 5. The minimum atomic E-state index is -1.10. The number of nitrogens with one attached hydrogen (secondary N) is 2. The Morgan fingerprint density at radius 1 is 0.957 bits per heavy atom. The molecule has 0 bridgehead atoms. The third kappa shape index (κ3) is 4.67. The number of carboxylic acid groups (broad SMARTS) is 1. The molecule has 0 heterocycles. The molecule has 2 aromatic carbocycles. The quantitative estimate of drug-likeness (QED) is 0.790. The number of para-hydroxylation sites is 1. The Labute approximate surface area is 133 Å². The molecule has 0 fully saturated rings. The van der Waals surface area contributed by atoms with E-state index in [1.54, 1.807) is 42.5 Å². The van der Waals surface area contributed by atoms with Crippen molar-refractivity contribution in [2.75, 3.05) is 10.6 Å². The lowest BCUT2D eigenvalue weighted by molar-refractivity contribution is -0.116. The van der Waals surface area contributed by atoms with Crippen LogP contribution in [0.5, 0.6) is 0 Å². The van der Waals surface area contributed by atoms with Gasteiger partial charge < -0.3 is 15.7 Å². The normalized spacial score (nSPS) is 9.96. The second kappa shape index (κ2) is 7.22. The molecule has 2 amide bonds. The highest BCUT2D eigenvalue weighted by atomic mass is 16.4. The standard InChI is InChI=1S/C17H16N2O4/c1-11(20)18-13-8-6-12(7-9-13)10-16(21)19-15-5-3-2-4-14(15)17(22)23/h2-9H,10H2,1H3,(H,18,20)(H,19,21)(H,22,23). The zero-order valence-electron chi connectivity index (χ0n) is 12.5. The third-order valence-electron chi connectivity index (χ3n) is 3.07. The first kappa shape index (κ1) is 16.2. The summed E-state index contributed by atoms with van der Waals surface area (Å²) < 4.78 is 0. The van der Waals surface area contributed by atoms with Gasteiger partial charge in [0.2, 0.25) is 11.8 Å². The Hall–Kier alpha value is -3.15. The Kier molecular flexibility index (Phi) is 5.09. The third-order valence-corrected chi connectivity index (χ3v) is 3.07. The number of hydrogen-bond donors (Lipinski definition) is 3. The SMILES string of the molecule is CC(=O)Nc1ccc(CC(=O)Nc2ccccc2C(=O)O)cc1. The summed E-state index contributed by atoms with van der Waals surface area (Å²) in [5.74, 6) is -1.58. The van der Waals surface area contributed by atoms with E-state index in [4.69, 9.17) is 5.11 Å². The maximum atomic E-state index is 12.0. The predicted octanol–water partition coefficient (Wildman–Crippen LogP) is 2.52. The van der Waals surface area contributed by atoms with Crippen LogP contribution in [-0.4, -0.2) is 22.9 Å². The lowest BCUT2D eigenvalue weighted by atomic mass is 10.1. The number of hydrogen-bond acceptors (Lipinski definition) is 3. The molecule has 0 spiro atoms. The van der Waals surface area contributed by atoms with Crippen molar-refractivity contribution >= 4 is 29.2 Å². The molecular weight excluding hydrogens is 296 g/mol. The molecule has 0 saturated heterocycles. The van der Waals surface area contributed by atoms with Gasteiger partial charge in [0, 0.05) is 12.6 Å². The summed E-state index contributed by atoms with van der Waals surface area (Å²) >= 11 is 0. The van der Waals surface area contributed by atoms with E-state index < -0.39 is 5.97 Å². The zero-order valence-corrected chi connectivity index (χ0v) is 12.5. The van der Waals surface area contributed by atoms with Crippen LogP contribution in [-0.2, 0) is 16.0 Å². The van der Waals surface area contributed by atoms with Crippen LogP contribution in [0.25, 0.3) is 0 Å². The first-order valence-corrected chi connectivity index (χ1v) is 6.94. The lowest BCUT2D eigenvalue weighted by Gasteiger charge is -2.09. The number of benzene rings is 2. The molecule has 0 saturated carbocycles. The summed E-state index contributed by atoms with van der Waals surface area (Å²) in [6.07, 6.45) is 0.105. The molecule has 0 atom stereocenters. The van der Waals surface area contributed by atoms with Gasteiger partial charge in [-0.1, -0.05) is 24.3 Å². The molecule has 2 aromatic rings. The molecule has 6 nitrogen and oxygen atoms in total. The molecule has 0 radical (unpaired) electrons. The number of amides is 2. The topological polar surface area (TPSA) is 95.5 Å². The Bertz CT molecular complexity index is 739. The van der Waals surface area contributed by atoms with Gasteiger partial charge in [0.25, 0.3) is 0 Å². The molecule has 0 aromatic heterocycles. The fraction of sp³-hybridized carbons (Fsp3) is 0.118. The zero-order chi connectivity index (χ0) is 16.8. The van der Waals surface area contributed by atoms with Crippen LogP contribution in [0.2, 0.25) is 0 Å². The predicted molar refractivity (Wildman–Crippen MR) is 86.5 cm³/mol. The average Bonchev–Trinajstić information content (AvgIpc) is 2.49. The van der Waals surface area contributed by atoms with Crippen LogP contribution in [0.1, 0.15) is 22.8 Å². The van der Waals surface area contributed by atoms with Crippen molar-refractivity contribution < 1.29 is 19.5 Å². The van der Waals surface area contributed by atoms with E-state index in [0.29, 0.717) is 5.69 Å². The molecule has 0 aliphatic carbocycles. The van der Waals surface area contributed by atoms with E-state index in [1.165, 1.54) is 13.0 Å². The summed E-state index contributed by atoms with van der Waals surface area (Å²) in [7, 11) is 0.